The van der Waals surface area contributed by atoms with Crippen molar-refractivity contribution in [3.05, 3.63) is 59.4 Å². The van der Waals surface area contributed by atoms with Gasteiger partial charge in [0.2, 0.25) is 5.88 Å². The van der Waals surface area contributed by atoms with E-state index in [0.717, 1.165) is 46.2 Å². The maximum absolute atomic E-state index is 13.1. The number of ether oxygens (including phenoxy) is 1. The van der Waals surface area contributed by atoms with Gasteiger partial charge in [-0.3, -0.25) is 4.90 Å². The molecule has 0 spiro atoms. The van der Waals surface area contributed by atoms with Gasteiger partial charge in [-0.2, -0.15) is 0 Å². The molecule has 2 aromatic carbocycles. The smallest absolute Gasteiger partial charge is 0.221 e. The second kappa shape index (κ2) is 5.74. The minimum atomic E-state index is -1.25. The topological polar surface area (TPSA) is 42.7 Å². The average molecular weight is 365 g/mol. The minimum absolute atomic E-state index is 0.625. The zero-order chi connectivity index (χ0) is 17.8. The van der Waals surface area contributed by atoms with Crippen LogP contribution in [0.5, 0.6) is 5.75 Å². The van der Waals surface area contributed by atoms with Gasteiger partial charge in [-0.1, -0.05) is 18.2 Å². The molecule has 1 atom stereocenters. The highest BCUT2D eigenvalue weighted by atomic mass is 32.2. The van der Waals surface area contributed by atoms with E-state index in [1.54, 1.807) is 0 Å². The lowest BCUT2D eigenvalue weighted by molar-refractivity contribution is 0.289. The van der Waals surface area contributed by atoms with Crippen LogP contribution in [-0.2, 0) is 17.2 Å². The van der Waals surface area contributed by atoms with Crippen molar-refractivity contribution < 1.29 is 13.4 Å². The normalized spacial score (nSPS) is 17.9. The van der Waals surface area contributed by atoms with Crippen LogP contribution in [0.2, 0.25) is 0 Å². The number of nitrogens with zero attached hydrogens (tertiary/aromatic N) is 1. The number of fused-ring (bicyclic) bond motifs is 3. The summed E-state index contributed by atoms with van der Waals surface area (Å²) >= 11 is 0. The van der Waals surface area contributed by atoms with E-state index < -0.39 is 10.8 Å². The van der Waals surface area contributed by atoms with E-state index >= 15 is 0 Å². The third-order valence-corrected chi connectivity index (χ3v) is 6.33. The molecule has 3 heterocycles. The van der Waals surface area contributed by atoms with Crippen LogP contribution in [0.3, 0.4) is 0 Å². The van der Waals surface area contributed by atoms with Gasteiger partial charge in [0.25, 0.3) is 0 Å². The summed E-state index contributed by atoms with van der Waals surface area (Å²) < 4.78 is 25.2. The third kappa shape index (κ3) is 2.23. The van der Waals surface area contributed by atoms with E-state index in [4.69, 9.17) is 9.15 Å². The summed E-state index contributed by atoms with van der Waals surface area (Å²) in [5.41, 5.74) is 4.13. The average Bonchev–Trinajstić information content (AvgIpc) is 3.04. The molecule has 2 aliphatic heterocycles. The summed E-state index contributed by atoms with van der Waals surface area (Å²) in [4.78, 5) is 3.59. The predicted molar refractivity (Wildman–Crippen MR) is 101 cm³/mol. The monoisotopic (exact) mass is 365 g/mol. The molecule has 1 aromatic heterocycles. The van der Waals surface area contributed by atoms with Crippen LogP contribution in [0, 0.1) is 13.8 Å². The van der Waals surface area contributed by atoms with Crippen LogP contribution in [0.25, 0.3) is 0 Å². The molecule has 0 amide bonds. The predicted octanol–water partition coefficient (Wildman–Crippen LogP) is 5.17. The summed E-state index contributed by atoms with van der Waals surface area (Å²) in [6, 6.07) is 14.2. The summed E-state index contributed by atoms with van der Waals surface area (Å²) in [5.74, 6) is 2.28. The molecule has 132 valence electrons. The van der Waals surface area contributed by atoms with Gasteiger partial charge in [-0.15, -0.1) is 0 Å². The first-order valence-corrected chi connectivity index (χ1v) is 9.96. The first kappa shape index (κ1) is 15.7. The maximum atomic E-state index is 13.1. The fourth-order valence-electron chi connectivity index (χ4n) is 3.74. The molecule has 26 heavy (non-hydrogen) atoms. The van der Waals surface area contributed by atoms with Crippen molar-refractivity contribution >= 4 is 28.1 Å². The minimum Gasteiger partial charge on any atom is -0.491 e. The second-order valence-corrected chi connectivity index (χ2v) is 8.24. The fourth-order valence-corrected chi connectivity index (χ4v) is 5.18. The molecule has 0 aliphatic carbocycles. The zero-order valence-corrected chi connectivity index (χ0v) is 15.6. The Morgan fingerprint density at radius 2 is 1.92 bits per heavy atom. The lowest BCUT2D eigenvalue weighted by Crippen LogP contribution is -2.20. The Morgan fingerprint density at radius 3 is 2.81 bits per heavy atom. The van der Waals surface area contributed by atoms with Crippen molar-refractivity contribution in [3.8, 4) is 5.75 Å². The van der Waals surface area contributed by atoms with E-state index in [9.17, 15) is 4.21 Å². The van der Waals surface area contributed by atoms with Gasteiger partial charge in [-0.25, -0.2) is 4.21 Å². The molecule has 3 aromatic rings. The van der Waals surface area contributed by atoms with Crippen LogP contribution < -0.4 is 9.64 Å². The largest absolute Gasteiger partial charge is 0.491 e. The van der Waals surface area contributed by atoms with Gasteiger partial charge in [-0.05, 0) is 62.1 Å². The first-order chi connectivity index (χ1) is 12.6. The van der Waals surface area contributed by atoms with Crippen molar-refractivity contribution in [2.45, 2.75) is 36.5 Å². The molecule has 0 saturated carbocycles. The van der Waals surface area contributed by atoms with Crippen molar-refractivity contribution in [2.24, 2.45) is 0 Å². The Kier molecular flexibility index (Phi) is 3.47. The number of para-hydroxylation sites is 1. The molecular formula is C21H19NO3S. The first-order valence-electron chi connectivity index (χ1n) is 8.81. The summed E-state index contributed by atoms with van der Waals surface area (Å²) in [6.07, 6.45) is 2.04. The quantitative estimate of drug-likeness (QED) is 0.467. The van der Waals surface area contributed by atoms with Gasteiger partial charge in [0.1, 0.15) is 16.4 Å². The molecule has 0 bridgehead atoms. The number of aryl methyl sites for hydroxylation is 3. The molecule has 0 radical (unpaired) electrons. The fraction of sp³-hybridized carbons (Fsp3) is 0.238. The summed E-state index contributed by atoms with van der Waals surface area (Å²) in [7, 11) is -1.25. The molecule has 4 nitrogen and oxygen atoms in total. The number of rotatable bonds is 1. The molecule has 0 N–H and O–H groups in total. The number of benzene rings is 2. The van der Waals surface area contributed by atoms with E-state index in [2.05, 4.69) is 17.0 Å². The Hall–Kier alpha value is -2.53. The van der Waals surface area contributed by atoms with Gasteiger partial charge < -0.3 is 9.15 Å². The van der Waals surface area contributed by atoms with Crippen LogP contribution in [0.15, 0.2) is 56.7 Å². The number of hydrogen-bond acceptors (Lipinski definition) is 4. The highest BCUT2D eigenvalue weighted by Crippen LogP contribution is 2.51. The molecule has 1 unspecified atom stereocenters. The van der Waals surface area contributed by atoms with Crippen molar-refractivity contribution in [1.29, 1.82) is 0 Å². The zero-order valence-electron chi connectivity index (χ0n) is 14.7. The van der Waals surface area contributed by atoms with E-state index in [1.165, 1.54) is 5.56 Å². The number of hydrogen-bond donors (Lipinski definition) is 0. The van der Waals surface area contributed by atoms with Gasteiger partial charge in [0.05, 0.1) is 33.7 Å². The van der Waals surface area contributed by atoms with Crippen LogP contribution in [-0.4, -0.2) is 10.8 Å². The molecular weight excluding hydrogens is 346 g/mol. The van der Waals surface area contributed by atoms with Crippen molar-refractivity contribution in [3.63, 3.8) is 0 Å². The molecule has 2 aliphatic rings. The maximum Gasteiger partial charge on any atom is 0.221 e. The summed E-state index contributed by atoms with van der Waals surface area (Å²) in [6.45, 7) is 4.63. The van der Waals surface area contributed by atoms with Crippen molar-refractivity contribution in [2.75, 3.05) is 11.5 Å². The standard InChI is InChI=1S/C21H19NO3S/c1-13-8-9-16-18(11-13)26(23)19-12-14(2)25-21(19)22(16)17-7-3-5-15-6-4-10-24-20(15)17/h3,5,7-9,11-12H,4,6,10H2,1-2H3. The van der Waals surface area contributed by atoms with E-state index in [0.29, 0.717) is 17.4 Å². The molecule has 0 fully saturated rings. The van der Waals surface area contributed by atoms with E-state index in [1.807, 2.05) is 44.2 Å². The van der Waals surface area contributed by atoms with E-state index in [-0.39, 0.29) is 0 Å². The molecule has 5 rings (SSSR count). The van der Waals surface area contributed by atoms with Crippen LogP contribution in [0.4, 0.5) is 17.3 Å². The molecule has 5 heteroatoms. The highest BCUT2D eigenvalue weighted by Gasteiger charge is 2.35. The van der Waals surface area contributed by atoms with Crippen LogP contribution >= 0.6 is 0 Å². The Balaban J connectivity index is 1.80. The lowest BCUT2D eigenvalue weighted by atomic mass is 10.0. The summed E-state index contributed by atoms with van der Waals surface area (Å²) in [5, 5.41) is 0. The number of anilines is 3. The van der Waals surface area contributed by atoms with Crippen molar-refractivity contribution in [1.82, 2.24) is 0 Å². The Morgan fingerprint density at radius 1 is 1.04 bits per heavy atom. The SMILES string of the molecule is Cc1ccc2c(c1)S(=O)c1cc(C)oc1N2c1cccc2c1OCCC2. The van der Waals surface area contributed by atoms with Gasteiger partial charge in [0.15, 0.2) is 0 Å². The molecule has 0 saturated heterocycles. The van der Waals surface area contributed by atoms with Crippen LogP contribution in [0.1, 0.15) is 23.3 Å². The highest BCUT2D eigenvalue weighted by molar-refractivity contribution is 7.85. The Bertz CT molecular complexity index is 1050. The second-order valence-electron chi connectivity index (χ2n) is 6.82. The Labute approximate surface area is 154 Å². The lowest BCUT2D eigenvalue weighted by Gasteiger charge is -2.32. The third-order valence-electron chi connectivity index (χ3n) is 4.92. The van der Waals surface area contributed by atoms with Gasteiger partial charge in [0, 0.05) is 0 Å². The number of furan rings is 1. The van der Waals surface area contributed by atoms with Gasteiger partial charge >= 0.3 is 0 Å².